The van der Waals surface area contributed by atoms with Gasteiger partial charge in [0, 0.05) is 6.07 Å². The molecule has 2 N–H and O–H groups in total. The Kier molecular flexibility index (Phi) is 3.80. The van der Waals surface area contributed by atoms with E-state index in [0.717, 1.165) is 12.1 Å². The van der Waals surface area contributed by atoms with Crippen molar-refractivity contribution >= 4 is 0 Å². The van der Waals surface area contributed by atoms with Gasteiger partial charge in [-0.3, -0.25) is 4.79 Å². The van der Waals surface area contributed by atoms with Gasteiger partial charge in [-0.1, -0.05) is 18.2 Å². The predicted octanol–water partition coefficient (Wildman–Crippen LogP) is 3.19. The third-order valence-electron chi connectivity index (χ3n) is 3.75. The predicted molar refractivity (Wildman–Crippen MR) is 80.5 cm³/mol. The van der Waals surface area contributed by atoms with Crippen molar-refractivity contribution in [3.63, 3.8) is 0 Å². The molecular formula is C17H11F3N2O3. The van der Waals surface area contributed by atoms with Crippen molar-refractivity contribution in [3.8, 4) is 11.8 Å². The third-order valence-corrected chi connectivity index (χ3v) is 3.75. The van der Waals surface area contributed by atoms with E-state index in [4.69, 9.17) is 14.9 Å². The number of rotatable bonds is 1. The van der Waals surface area contributed by atoms with Gasteiger partial charge in [-0.25, -0.2) is 0 Å². The Hall–Kier alpha value is -3.21. The van der Waals surface area contributed by atoms with Gasteiger partial charge in [-0.05, 0) is 18.6 Å². The Labute approximate surface area is 139 Å². The molecule has 0 aliphatic carbocycles. The summed E-state index contributed by atoms with van der Waals surface area (Å²) in [5, 5.41) is 9.38. The number of nitriles is 1. The minimum absolute atomic E-state index is 0.0462. The van der Waals surface area contributed by atoms with E-state index in [9.17, 15) is 23.2 Å². The number of benzene rings is 1. The van der Waals surface area contributed by atoms with E-state index in [1.165, 1.54) is 25.1 Å². The largest absolute Gasteiger partial charge is 0.461 e. The molecule has 2 heterocycles. The number of hydrogen-bond acceptors (Lipinski definition) is 5. The van der Waals surface area contributed by atoms with Crippen LogP contribution < -0.4 is 15.9 Å². The number of halogens is 3. The molecule has 0 fully saturated rings. The number of ether oxygens (including phenoxy) is 1. The summed E-state index contributed by atoms with van der Waals surface area (Å²) in [5.74, 6) is -1.45. The number of allylic oxidation sites excluding steroid dienone is 1. The van der Waals surface area contributed by atoms with Gasteiger partial charge in [-0.2, -0.15) is 18.4 Å². The van der Waals surface area contributed by atoms with Crippen LogP contribution >= 0.6 is 0 Å². The number of nitrogens with zero attached hydrogens (tertiary/aromatic N) is 1. The Bertz CT molecular complexity index is 984. The molecule has 3 rings (SSSR count). The lowest BCUT2D eigenvalue weighted by Gasteiger charge is -2.25. The number of fused-ring (bicyclic) bond motifs is 1. The lowest BCUT2D eigenvalue weighted by Crippen LogP contribution is -2.25. The van der Waals surface area contributed by atoms with Crippen molar-refractivity contribution < 1.29 is 22.3 Å². The van der Waals surface area contributed by atoms with Crippen LogP contribution in [0.4, 0.5) is 13.2 Å². The van der Waals surface area contributed by atoms with Crippen LogP contribution in [0.15, 0.2) is 51.0 Å². The molecule has 0 spiro atoms. The highest BCUT2D eigenvalue weighted by atomic mass is 19.4. The monoisotopic (exact) mass is 348 g/mol. The first-order chi connectivity index (χ1) is 11.7. The van der Waals surface area contributed by atoms with Crippen LogP contribution in [0.25, 0.3) is 0 Å². The van der Waals surface area contributed by atoms with E-state index in [1.807, 2.05) is 6.07 Å². The maximum Gasteiger partial charge on any atom is 0.416 e. The van der Waals surface area contributed by atoms with Crippen LogP contribution in [0.3, 0.4) is 0 Å². The summed E-state index contributed by atoms with van der Waals surface area (Å²) in [5.41, 5.74) is 4.27. The molecule has 0 radical (unpaired) electrons. The Morgan fingerprint density at radius 3 is 2.64 bits per heavy atom. The molecule has 1 aliphatic heterocycles. The number of alkyl halides is 3. The summed E-state index contributed by atoms with van der Waals surface area (Å²) in [7, 11) is 0. The van der Waals surface area contributed by atoms with Gasteiger partial charge >= 0.3 is 6.18 Å². The molecule has 1 atom stereocenters. The van der Waals surface area contributed by atoms with Crippen molar-refractivity contribution in [1.29, 1.82) is 5.26 Å². The average Bonchev–Trinajstić information content (AvgIpc) is 2.54. The first-order valence-corrected chi connectivity index (χ1v) is 7.11. The smallest absolute Gasteiger partial charge is 0.416 e. The van der Waals surface area contributed by atoms with Crippen molar-refractivity contribution in [3.05, 3.63) is 74.7 Å². The first-order valence-electron chi connectivity index (χ1n) is 7.11. The molecule has 0 bridgehead atoms. The fourth-order valence-corrected chi connectivity index (χ4v) is 2.68. The fraction of sp³-hybridized carbons (Fsp3) is 0.176. The first kappa shape index (κ1) is 16.6. The second kappa shape index (κ2) is 5.70. The van der Waals surface area contributed by atoms with Crippen LogP contribution in [-0.2, 0) is 6.18 Å². The van der Waals surface area contributed by atoms with Gasteiger partial charge < -0.3 is 14.9 Å². The average molecular weight is 348 g/mol. The molecule has 5 nitrogen and oxygen atoms in total. The molecule has 128 valence electrons. The third kappa shape index (κ3) is 2.85. The van der Waals surface area contributed by atoms with Crippen molar-refractivity contribution in [2.24, 2.45) is 5.73 Å². The van der Waals surface area contributed by atoms with Gasteiger partial charge in [0.15, 0.2) is 5.76 Å². The topological polar surface area (TPSA) is 89.2 Å². The van der Waals surface area contributed by atoms with Crippen molar-refractivity contribution in [2.45, 2.75) is 19.0 Å². The second-order valence-corrected chi connectivity index (χ2v) is 5.46. The lowest BCUT2D eigenvalue weighted by atomic mass is 9.86. The van der Waals surface area contributed by atoms with Crippen LogP contribution in [0.5, 0.6) is 5.75 Å². The van der Waals surface area contributed by atoms with E-state index in [1.54, 1.807) is 0 Å². The van der Waals surface area contributed by atoms with Gasteiger partial charge in [0.2, 0.25) is 17.1 Å². The summed E-state index contributed by atoms with van der Waals surface area (Å²) >= 11 is 0. The summed E-state index contributed by atoms with van der Waals surface area (Å²) in [6.07, 6.45) is -4.56. The lowest BCUT2D eigenvalue weighted by molar-refractivity contribution is -0.137. The molecule has 8 heteroatoms. The molecule has 1 aromatic carbocycles. The zero-order valence-electron chi connectivity index (χ0n) is 12.8. The van der Waals surface area contributed by atoms with Gasteiger partial charge in [-0.15, -0.1) is 0 Å². The maximum atomic E-state index is 13.0. The van der Waals surface area contributed by atoms with E-state index in [-0.39, 0.29) is 34.3 Å². The minimum Gasteiger partial charge on any atom is -0.461 e. The maximum absolute atomic E-state index is 13.0. The Balaban J connectivity index is 2.28. The van der Waals surface area contributed by atoms with Crippen LogP contribution in [0, 0.1) is 18.3 Å². The highest BCUT2D eigenvalue weighted by Crippen LogP contribution is 2.42. The Morgan fingerprint density at radius 2 is 2.00 bits per heavy atom. The SMILES string of the molecule is Cc1cc(=O)c2c(o1)C(c1cccc(C(F)(F)F)c1)C(C#N)=C(N)O2. The summed E-state index contributed by atoms with van der Waals surface area (Å²) in [4.78, 5) is 12.1. The Morgan fingerprint density at radius 1 is 1.28 bits per heavy atom. The van der Waals surface area contributed by atoms with E-state index < -0.39 is 23.1 Å². The van der Waals surface area contributed by atoms with Crippen LogP contribution in [0.2, 0.25) is 0 Å². The molecule has 1 unspecified atom stereocenters. The zero-order valence-corrected chi connectivity index (χ0v) is 12.8. The van der Waals surface area contributed by atoms with Crippen LogP contribution in [0.1, 0.15) is 28.6 Å². The molecule has 1 aromatic heterocycles. The standard InChI is InChI=1S/C17H11F3N2O3/c1-8-5-12(23)14-15(24-8)13(11(7-21)16(22)25-14)9-3-2-4-10(6-9)17(18,19)20/h2-6,13H,22H2,1H3. The van der Waals surface area contributed by atoms with Gasteiger partial charge in [0.05, 0.1) is 11.5 Å². The van der Waals surface area contributed by atoms with E-state index in [0.29, 0.717) is 0 Å². The van der Waals surface area contributed by atoms with E-state index >= 15 is 0 Å². The zero-order chi connectivity index (χ0) is 18.4. The molecule has 25 heavy (non-hydrogen) atoms. The number of aryl methyl sites for hydroxylation is 1. The minimum atomic E-state index is -4.56. The second-order valence-electron chi connectivity index (χ2n) is 5.46. The van der Waals surface area contributed by atoms with Crippen molar-refractivity contribution in [2.75, 3.05) is 0 Å². The van der Waals surface area contributed by atoms with Crippen molar-refractivity contribution in [1.82, 2.24) is 0 Å². The number of hydrogen-bond donors (Lipinski definition) is 1. The molecular weight excluding hydrogens is 337 g/mol. The summed E-state index contributed by atoms with van der Waals surface area (Å²) in [6.45, 7) is 1.51. The normalized spacial score (nSPS) is 16.8. The molecule has 1 aliphatic rings. The fourth-order valence-electron chi connectivity index (χ4n) is 2.68. The molecule has 0 saturated heterocycles. The van der Waals surface area contributed by atoms with Crippen LogP contribution in [-0.4, -0.2) is 0 Å². The summed E-state index contributed by atoms with van der Waals surface area (Å²) < 4.78 is 49.7. The number of nitrogens with two attached hydrogens (primary N) is 1. The highest BCUT2D eigenvalue weighted by Gasteiger charge is 2.37. The van der Waals surface area contributed by atoms with Gasteiger partial charge in [0.25, 0.3) is 0 Å². The molecule has 0 amide bonds. The molecule has 2 aromatic rings. The van der Waals surface area contributed by atoms with E-state index in [2.05, 4.69) is 0 Å². The van der Waals surface area contributed by atoms with Gasteiger partial charge in [0.1, 0.15) is 17.4 Å². The highest BCUT2D eigenvalue weighted by molar-refractivity contribution is 5.52. The molecule has 0 saturated carbocycles. The summed E-state index contributed by atoms with van der Waals surface area (Å²) in [6, 6.07) is 7.43. The quantitative estimate of drug-likeness (QED) is 0.855.